The lowest BCUT2D eigenvalue weighted by atomic mass is 10.2. The third-order valence-corrected chi connectivity index (χ3v) is 4.51. The zero-order valence-electron chi connectivity index (χ0n) is 11.3. The highest BCUT2D eigenvalue weighted by Crippen LogP contribution is 2.39. The molecule has 2 heterocycles. The van der Waals surface area contributed by atoms with Crippen molar-refractivity contribution in [2.24, 2.45) is 0 Å². The largest absolute Gasteiger partial charge is 0.383 e. The van der Waals surface area contributed by atoms with E-state index in [9.17, 15) is 0 Å². The summed E-state index contributed by atoms with van der Waals surface area (Å²) in [5, 5.41) is 4.14. The molecule has 0 atom stereocenters. The Balaban J connectivity index is 2.36. The van der Waals surface area contributed by atoms with E-state index < -0.39 is 0 Å². The van der Waals surface area contributed by atoms with Crippen LogP contribution >= 0.6 is 22.9 Å². The molecular formula is C12H18N4OS2. The molecule has 0 radical (unpaired) electrons. The maximum absolute atomic E-state index is 6.01. The number of likely N-dealkylation sites (N-methyl/N-ethyl adjacent to an activating group) is 1. The number of nitrogen functional groups attached to an aromatic ring is 1. The Morgan fingerprint density at radius 1 is 1.47 bits per heavy atom. The zero-order chi connectivity index (χ0) is 13.8. The number of hydrogen-bond donors (Lipinski definition) is 1. The molecule has 0 spiro atoms. The quantitative estimate of drug-likeness (QED) is 0.888. The van der Waals surface area contributed by atoms with E-state index in [-0.39, 0.29) is 0 Å². The van der Waals surface area contributed by atoms with Gasteiger partial charge in [-0.1, -0.05) is 0 Å². The smallest absolute Gasteiger partial charge is 0.148 e. The van der Waals surface area contributed by atoms with Gasteiger partial charge in [0.1, 0.15) is 10.8 Å². The highest BCUT2D eigenvalue weighted by molar-refractivity contribution is 7.11. The molecule has 104 valence electrons. The van der Waals surface area contributed by atoms with Crippen LogP contribution in [0.4, 0.5) is 10.8 Å². The van der Waals surface area contributed by atoms with E-state index in [4.69, 9.17) is 10.5 Å². The molecule has 0 aliphatic carbocycles. The summed E-state index contributed by atoms with van der Waals surface area (Å²) in [6.45, 7) is 6.50. The van der Waals surface area contributed by atoms with Crippen LogP contribution in [0, 0.1) is 6.92 Å². The number of nitrogens with two attached hydrogens (primary N) is 1. The molecule has 2 rings (SSSR count). The molecule has 0 amide bonds. The fraction of sp³-hybridized carbons (Fsp3) is 0.500. The highest BCUT2D eigenvalue weighted by atomic mass is 32.1. The van der Waals surface area contributed by atoms with Crippen molar-refractivity contribution >= 4 is 33.7 Å². The van der Waals surface area contributed by atoms with Crippen molar-refractivity contribution < 1.29 is 4.74 Å². The van der Waals surface area contributed by atoms with Crippen LogP contribution in [0.1, 0.15) is 11.9 Å². The Bertz CT molecular complexity index is 538. The predicted molar refractivity (Wildman–Crippen MR) is 82.1 cm³/mol. The van der Waals surface area contributed by atoms with Crippen LogP contribution in [0.5, 0.6) is 0 Å². The molecule has 0 saturated carbocycles. The molecule has 0 bridgehead atoms. The van der Waals surface area contributed by atoms with Gasteiger partial charge < -0.3 is 15.4 Å². The lowest BCUT2D eigenvalue weighted by molar-refractivity contribution is 0.205. The topological polar surface area (TPSA) is 64.3 Å². The van der Waals surface area contributed by atoms with E-state index in [1.165, 1.54) is 11.5 Å². The molecule has 19 heavy (non-hydrogen) atoms. The van der Waals surface area contributed by atoms with Crippen molar-refractivity contribution in [3.63, 3.8) is 0 Å². The van der Waals surface area contributed by atoms with Crippen LogP contribution in [0.25, 0.3) is 11.3 Å². The minimum atomic E-state index is 0.557. The molecule has 0 saturated heterocycles. The molecule has 2 aromatic heterocycles. The number of hydrogen-bond acceptors (Lipinski definition) is 7. The van der Waals surface area contributed by atoms with Crippen LogP contribution in [0.2, 0.25) is 0 Å². The summed E-state index contributed by atoms with van der Waals surface area (Å²) < 4.78 is 9.43. The monoisotopic (exact) mass is 298 g/mol. The first-order valence-electron chi connectivity index (χ1n) is 6.08. The van der Waals surface area contributed by atoms with E-state index in [0.29, 0.717) is 12.4 Å². The molecule has 0 aliphatic rings. The summed E-state index contributed by atoms with van der Waals surface area (Å²) >= 11 is 3.05. The van der Waals surface area contributed by atoms with Crippen molar-refractivity contribution in [1.29, 1.82) is 0 Å². The molecule has 5 nitrogen and oxygen atoms in total. The summed E-state index contributed by atoms with van der Waals surface area (Å²) in [5.41, 5.74) is 7.88. The van der Waals surface area contributed by atoms with E-state index >= 15 is 0 Å². The summed E-state index contributed by atoms with van der Waals surface area (Å²) in [6.07, 6.45) is 0. The Kier molecular flexibility index (Phi) is 4.73. The minimum absolute atomic E-state index is 0.557. The van der Waals surface area contributed by atoms with Gasteiger partial charge in [-0.3, -0.25) is 0 Å². The first-order chi connectivity index (χ1) is 9.17. The first kappa shape index (κ1) is 14.2. The average molecular weight is 298 g/mol. The van der Waals surface area contributed by atoms with Crippen LogP contribution in [0.15, 0.2) is 5.38 Å². The van der Waals surface area contributed by atoms with Crippen LogP contribution in [0.3, 0.4) is 0 Å². The van der Waals surface area contributed by atoms with Gasteiger partial charge >= 0.3 is 0 Å². The second-order valence-corrected chi connectivity index (χ2v) is 5.89. The third-order valence-electron chi connectivity index (χ3n) is 2.81. The number of aryl methyl sites for hydroxylation is 1. The fourth-order valence-corrected chi connectivity index (χ4v) is 3.35. The first-order valence-corrected chi connectivity index (χ1v) is 7.74. The minimum Gasteiger partial charge on any atom is -0.383 e. The van der Waals surface area contributed by atoms with Crippen molar-refractivity contribution in [3.05, 3.63) is 10.4 Å². The molecule has 2 aromatic rings. The van der Waals surface area contributed by atoms with Crippen LogP contribution in [-0.4, -0.2) is 36.2 Å². The van der Waals surface area contributed by atoms with Gasteiger partial charge in [-0.05, 0) is 25.4 Å². The zero-order valence-corrected chi connectivity index (χ0v) is 13.0. The summed E-state index contributed by atoms with van der Waals surface area (Å²) in [7, 11) is 1.71. The van der Waals surface area contributed by atoms with Crippen molar-refractivity contribution in [2.45, 2.75) is 13.8 Å². The maximum atomic E-state index is 6.01. The molecule has 7 heteroatoms. The third kappa shape index (κ3) is 3.05. The summed E-state index contributed by atoms with van der Waals surface area (Å²) in [6, 6.07) is 0. The Labute approximate surface area is 121 Å². The van der Waals surface area contributed by atoms with Crippen LogP contribution < -0.4 is 10.6 Å². The van der Waals surface area contributed by atoms with E-state index in [0.717, 1.165) is 34.4 Å². The molecule has 0 aromatic carbocycles. The number of nitrogens with zero attached hydrogens (tertiary/aromatic N) is 3. The molecule has 0 aliphatic heterocycles. The van der Waals surface area contributed by atoms with Gasteiger partial charge in [0.25, 0.3) is 0 Å². The van der Waals surface area contributed by atoms with Gasteiger partial charge in [-0.2, -0.15) is 4.37 Å². The van der Waals surface area contributed by atoms with Crippen molar-refractivity contribution in [2.75, 3.05) is 37.4 Å². The van der Waals surface area contributed by atoms with E-state index in [1.807, 2.05) is 12.3 Å². The number of ether oxygens (including phenoxy) is 1. The SMILES string of the molecule is CCN(CCOC)c1snc(N)c1-c1csc(C)n1. The number of methoxy groups -OCH3 is 1. The number of thiazole rings is 1. The standard InChI is InChI=1S/C12H18N4OS2/c1-4-16(5-6-17-3)12-10(11(13)15-19-12)9-7-18-8(2)14-9/h7H,4-6H2,1-3H3,(H2,13,15). The van der Waals surface area contributed by atoms with Crippen LogP contribution in [-0.2, 0) is 4.74 Å². The van der Waals surface area contributed by atoms with Gasteiger partial charge in [0.2, 0.25) is 0 Å². The normalized spacial score (nSPS) is 10.9. The Morgan fingerprint density at radius 3 is 2.84 bits per heavy atom. The van der Waals surface area contributed by atoms with Gasteiger partial charge in [-0.15, -0.1) is 11.3 Å². The van der Waals surface area contributed by atoms with Gasteiger partial charge in [0.15, 0.2) is 0 Å². The summed E-state index contributed by atoms with van der Waals surface area (Å²) in [4.78, 5) is 6.74. The maximum Gasteiger partial charge on any atom is 0.148 e. The van der Waals surface area contributed by atoms with Crippen molar-refractivity contribution in [1.82, 2.24) is 9.36 Å². The Morgan fingerprint density at radius 2 is 2.26 bits per heavy atom. The Hall–Kier alpha value is -1.18. The van der Waals surface area contributed by atoms with Crippen molar-refractivity contribution in [3.8, 4) is 11.3 Å². The lowest BCUT2D eigenvalue weighted by Gasteiger charge is -2.21. The second kappa shape index (κ2) is 6.31. The molecule has 0 unspecified atom stereocenters. The average Bonchev–Trinajstić information content (AvgIpc) is 2.97. The van der Waals surface area contributed by atoms with E-state index in [2.05, 4.69) is 21.2 Å². The van der Waals surface area contributed by atoms with Gasteiger partial charge in [-0.25, -0.2) is 4.98 Å². The number of anilines is 2. The number of aromatic nitrogens is 2. The van der Waals surface area contributed by atoms with Gasteiger partial charge in [0, 0.05) is 25.6 Å². The van der Waals surface area contributed by atoms with Gasteiger partial charge in [0.05, 0.1) is 22.9 Å². The summed E-state index contributed by atoms with van der Waals surface area (Å²) in [5.74, 6) is 0.557. The number of rotatable bonds is 6. The fourth-order valence-electron chi connectivity index (χ4n) is 1.83. The lowest BCUT2D eigenvalue weighted by Crippen LogP contribution is -2.26. The molecular weight excluding hydrogens is 280 g/mol. The molecule has 2 N–H and O–H groups in total. The van der Waals surface area contributed by atoms with E-state index in [1.54, 1.807) is 18.4 Å². The predicted octanol–water partition coefficient (Wildman–Crippen LogP) is 2.63. The molecule has 0 fully saturated rings. The second-order valence-electron chi connectivity index (χ2n) is 4.07. The highest BCUT2D eigenvalue weighted by Gasteiger charge is 2.20.